The fourth-order valence-corrected chi connectivity index (χ4v) is 2.73. The maximum absolute atomic E-state index is 12.1. The Kier molecular flexibility index (Phi) is 2.93. The van der Waals surface area contributed by atoms with Gasteiger partial charge in [-0.1, -0.05) is 12.2 Å². The van der Waals surface area contributed by atoms with Gasteiger partial charge in [-0.3, -0.25) is 9.59 Å². The molecule has 20 heavy (non-hydrogen) atoms. The van der Waals surface area contributed by atoms with Gasteiger partial charge in [-0.25, -0.2) is 0 Å². The third-order valence-electron chi connectivity index (χ3n) is 4.11. The van der Waals surface area contributed by atoms with Crippen LogP contribution in [-0.2, 0) is 4.79 Å². The third kappa shape index (κ3) is 1.84. The van der Waals surface area contributed by atoms with E-state index < -0.39 is 0 Å². The molecule has 4 nitrogen and oxygen atoms in total. The predicted octanol–water partition coefficient (Wildman–Crippen LogP) is 2.42. The number of H-pyrrole nitrogens is 1. The number of aromatic nitrogens is 1. The van der Waals surface area contributed by atoms with E-state index in [0.717, 1.165) is 40.8 Å². The zero-order valence-electron chi connectivity index (χ0n) is 11.5. The summed E-state index contributed by atoms with van der Waals surface area (Å²) in [6, 6.07) is 0. The van der Waals surface area contributed by atoms with Crippen molar-refractivity contribution in [2.45, 2.75) is 20.3 Å². The Morgan fingerprint density at radius 3 is 2.70 bits per heavy atom. The minimum absolute atomic E-state index is 0.0516. The van der Waals surface area contributed by atoms with E-state index in [4.69, 9.17) is 0 Å². The Morgan fingerprint density at radius 2 is 2.00 bits per heavy atom. The first-order chi connectivity index (χ1) is 9.61. The van der Waals surface area contributed by atoms with Gasteiger partial charge < -0.3 is 10.3 Å². The second kappa shape index (κ2) is 4.63. The van der Waals surface area contributed by atoms with Gasteiger partial charge in [0.1, 0.15) is 0 Å². The second-order valence-corrected chi connectivity index (χ2v) is 5.21. The van der Waals surface area contributed by atoms with Gasteiger partial charge in [-0.15, -0.1) is 0 Å². The smallest absolute Gasteiger partial charge is 0.252 e. The van der Waals surface area contributed by atoms with Crippen molar-refractivity contribution in [1.29, 1.82) is 0 Å². The van der Waals surface area contributed by atoms with Crippen LogP contribution < -0.4 is 5.32 Å². The highest BCUT2D eigenvalue weighted by molar-refractivity contribution is 6.03. The monoisotopic (exact) mass is 268 g/mol. The van der Waals surface area contributed by atoms with Crippen molar-refractivity contribution in [2.75, 3.05) is 0 Å². The van der Waals surface area contributed by atoms with Crippen LogP contribution in [0, 0.1) is 19.8 Å². The van der Waals surface area contributed by atoms with E-state index in [2.05, 4.69) is 16.4 Å². The molecule has 1 saturated heterocycles. The number of amides is 1. The van der Waals surface area contributed by atoms with Crippen LogP contribution in [0.25, 0.3) is 6.08 Å². The molecule has 1 fully saturated rings. The zero-order chi connectivity index (χ0) is 14.3. The number of carbonyl (C=O) groups excluding carboxylic acids is 2. The number of fused-ring (bicyclic) bond motifs is 1. The molecule has 4 heteroatoms. The van der Waals surface area contributed by atoms with E-state index in [-0.39, 0.29) is 11.8 Å². The summed E-state index contributed by atoms with van der Waals surface area (Å²) in [4.78, 5) is 26.1. The lowest BCUT2D eigenvalue weighted by atomic mass is 9.91. The van der Waals surface area contributed by atoms with E-state index >= 15 is 0 Å². The number of carbonyl (C=O) groups is 2. The Balaban J connectivity index is 2.04. The standard InChI is InChI=1S/C16H16N2O2/c1-9-10(2)15(8-19)17-14(9)7-12-11-5-3-4-6-13(11)18-16(12)20/h3-4,6-8,11,17H,5H2,1-2H3,(H,18,20). The SMILES string of the molecule is Cc1c(C=O)[nH]c(C=C2C(=O)NC3=CC=CCC32)c1C. The van der Waals surface area contributed by atoms with Crippen LogP contribution in [0.1, 0.15) is 33.7 Å². The number of nitrogens with one attached hydrogen (secondary N) is 2. The average molecular weight is 268 g/mol. The van der Waals surface area contributed by atoms with Crippen LogP contribution in [0.4, 0.5) is 0 Å². The first-order valence-electron chi connectivity index (χ1n) is 6.66. The Bertz CT molecular complexity index is 690. The van der Waals surface area contributed by atoms with Crippen molar-refractivity contribution in [2.24, 2.45) is 5.92 Å². The number of hydrogen-bond donors (Lipinski definition) is 2. The number of allylic oxidation sites excluding steroid dienone is 4. The molecule has 1 aliphatic heterocycles. The first kappa shape index (κ1) is 12.7. The van der Waals surface area contributed by atoms with E-state index in [0.29, 0.717) is 5.69 Å². The molecule has 0 radical (unpaired) electrons. The molecule has 2 heterocycles. The van der Waals surface area contributed by atoms with Crippen molar-refractivity contribution in [3.8, 4) is 0 Å². The fraction of sp³-hybridized carbons (Fsp3) is 0.250. The maximum Gasteiger partial charge on any atom is 0.252 e. The van der Waals surface area contributed by atoms with Gasteiger partial charge in [0.25, 0.3) is 5.91 Å². The molecular formula is C16H16N2O2. The number of aromatic amines is 1. The zero-order valence-corrected chi connectivity index (χ0v) is 11.5. The van der Waals surface area contributed by atoms with Crippen molar-refractivity contribution in [3.63, 3.8) is 0 Å². The van der Waals surface area contributed by atoms with E-state index in [1.165, 1.54) is 0 Å². The summed E-state index contributed by atoms with van der Waals surface area (Å²) in [7, 11) is 0. The van der Waals surface area contributed by atoms with Crippen LogP contribution in [-0.4, -0.2) is 17.2 Å². The van der Waals surface area contributed by atoms with Gasteiger partial charge in [0.15, 0.2) is 6.29 Å². The molecule has 0 aromatic carbocycles. The molecule has 3 rings (SSSR count). The maximum atomic E-state index is 12.1. The molecule has 0 spiro atoms. The summed E-state index contributed by atoms with van der Waals surface area (Å²) in [6.45, 7) is 3.86. The topological polar surface area (TPSA) is 62.0 Å². The fourth-order valence-electron chi connectivity index (χ4n) is 2.73. The minimum atomic E-state index is -0.0516. The normalized spacial score (nSPS) is 22.7. The van der Waals surface area contributed by atoms with Crippen molar-refractivity contribution in [1.82, 2.24) is 10.3 Å². The number of aldehydes is 1. The van der Waals surface area contributed by atoms with Gasteiger partial charge in [0.05, 0.1) is 5.69 Å². The Morgan fingerprint density at radius 1 is 1.25 bits per heavy atom. The molecule has 1 aliphatic carbocycles. The Hall–Kier alpha value is -2.36. The van der Waals surface area contributed by atoms with Gasteiger partial charge in [0.2, 0.25) is 0 Å². The van der Waals surface area contributed by atoms with Crippen LogP contribution in [0.3, 0.4) is 0 Å². The second-order valence-electron chi connectivity index (χ2n) is 5.21. The summed E-state index contributed by atoms with van der Waals surface area (Å²) in [5.41, 5.74) is 5.07. The lowest BCUT2D eigenvalue weighted by molar-refractivity contribution is -0.115. The van der Waals surface area contributed by atoms with Gasteiger partial charge in [-0.2, -0.15) is 0 Å². The molecule has 0 saturated carbocycles. The minimum Gasteiger partial charge on any atom is -0.352 e. The van der Waals surface area contributed by atoms with E-state index in [1.54, 1.807) is 0 Å². The molecule has 2 aliphatic rings. The average Bonchev–Trinajstić information content (AvgIpc) is 2.91. The summed E-state index contributed by atoms with van der Waals surface area (Å²) < 4.78 is 0. The van der Waals surface area contributed by atoms with Crippen LogP contribution in [0.15, 0.2) is 29.5 Å². The Labute approximate surface area is 117 Å². The van der Waals surface area contributed by atoms with Gasteiger partial charge in [0, 0.05) is 22.9 Å². The highest BCUT2D eigenvalue weighted by atomic mass is 16.2. The highest BCUT2D eigenvalue weighted by Crippen LogP contribution is 2.33. The molecule has 1 aromatic rings. The number of hydrogen-bond acceptors (Lipinski definition) is 2. The van der Waals surface area contributed by atoms with Gasteiger partial charge in [-0.05, 0) is 43.5 Å². The summed E-state index contributed by atoms with van der Waals surface area (Å²) >= 11 is 0. The van der Waals surface area contributed by atoms with Crippen molar-refractivity contribution < 1.29 is 9.59 Å². The largest absolute Gasteiger partial charge is 0.352 e. The van der Waals surface area contributed by atoms with Crippen LogP contribution in [0.5, 0.6) is 0 Å². The quantitative estimate of drug-likeness (QED) is 0.639. The molecule has 1 atom stereocenters. The molecule has 1 amide bonds. The summed E-state index contributed by atoms with van der Waals surface area (Å²) in [6.07, 6.45) is 9.48. The molecular weight excluding hydrogens is 252 g/mol. The van der Waals surface area contributed by atoms with Crippen LogP contribution >= 0.6 is 0 Å². The molecule has 1 unspecified atom stereocenters. The van der Waals surface area contributed by atoms with Crippen molar-refractivity contribution in [3.05, 3.63) is 52.0 Å². The number of rotatable bonds is 2. The molecule has 0 bridgehead atoms. The molecule has 102 valence electrons. The predicted molar refractivity (Wildman–Crippen MR) is 77.1 cm³/mol. The lowest BCUT2D eigenvalue weighted by Crippen LogP contribution is -2.13. The third-order valence-corrected chi connectivity index (χ3v) is 4.11. The van der Waals surface area contributed by atoms with Crippen molar-refractivity contribution >= 4 is 18.3 Å². The highest BCUT2D eigenvalue weighted by Gasteiger charge is 2.33. The molecule has 1 aromatic heterocycles. The van der Waals surface area contributed by atoms with E-state index in [1.807, 2.05) is 32.1 Å². The van der Waals surface area contributed by atoms with E-state index in [9.17, 15) is 9.59 Å². The summed E-state index contributed by atoms with van der Waals surface area (Å²) in [5.74, 6) is 0.0550. The lowest BCUT2D eigenvalue weighted by Gasteiger charge is -2.11. The summed E-state index contributed by atoms with van der Waals surface area (Å²) in [5, 5.41) is 2.90. The first-order valence-corrected chi connectivity index (χ1v) is 6.66. The molecule has 2 N–H and O–H groups in total. The van der Waals surface area contributed by atoms with Gasteiger partial charge >= 0.3 is 0 Å². The van der Waals surface area contributed by atoms with Crippen LogP contribution in [0.2, 0.25) is 0 Å².